The van der Waals surface area contributed by atoms with Crippen molar-refractivity contribution < 1.29 is 15.0 Å². The molecular formula is C24H33BrO3. The zero-order chi connectivity index (χ0) is 20.4. The summed E-state index contributed by atoms with van der Waals surface area (Å²) in [5, 5.41) is 19.1. The molecule has 1 unspecified atom stereocenters. The zero-order valence-corrected chi connectivity index (χ0v) is 18.5. The number of carboxylic acids is 1. The van der Waals surface area contributed by atoms with Gasteiger partial charge in [0.15, 0.2) is 0 Å². The van der Waals surface area contributed by atoms with Gasteiger partial charge in [0.05, 0.1) is 6.10 Å². The first-order valence-corrected chi connectivity index (χ1v) is 11.4. The Morgan fingerprint density at radius 3 is 2.64 bits per heavy atom. The maximum absolute atomic E-state index is 10.6. The Bertz CT molecular complexity index is 676. The van der Waals surface area contributed by atoms with Crippen LogP contribution in [-0.4, -0.2) is 16.2 Å². The summed E-state index contributed by atoms with van der Waals surface area (Å²) in [4.78, 5) is 10.6. The summed E-state index contributed by atoms with van der Waals surface area (Å²) < 4.78 is 1.29. The van der Waals surface area contributed by atoms with Crippen molar-refractivity contribution in [2.45, 2.75) is 77.2 Å². The van der Waals surface area contributed by atoms with Crippen LogP contribution < -0.4 is 0 Å². The van der Waals surface area contributed by atoms with Crippen LogP contribution in [0.1, 0.15) is 88.4 Å². The number of aliphatic hydroxyl groups is 1. The molecule has 0 amide bonds. The summed E-state index contributed by atoms with van der Waals surface area (Å²) in [5.74, 6) is -0.234. The van der Waals surface area contributed by atoms with E-state index in [-0.39, 0.29) is 12.5 Å². The third-order valence-electron chi connectivity index (χ3n) is 5.45. The van der Waals surface area contributed by atoms with E-state index in [1.54, 1.807) is 0 Å². The van der Waals surface area contributed by atoms with Gasteiger partial charge in [-0.2, -0.15) is 0 Å². The number of carboxylic acid groups (broad SMARTS) is 1. The Labute approximate surface area is 177 Å². The smallest absolute Gasteiger partial charge is 0.303 e. The molecule has 154 valence electrons. The Balaban J connectivity index is 1.93. The molecule has 0 heterocycles. The number of benzene rings is 1. The van der Waals surface area contributed by atoms with E-state index < -0.39 is 5.97 Å². The third kappa shape index (κ3) is 7.21. The first kappa shape index (κ1) is 22.9. The lowest BCUT2D eigenvalue weighted by atomic mass is 9.91. The Hall–Kier alpha value is -1.39. The number of halogens is 1. The van der Waals surface area contributed by atoms with Crippen LogP contribution in [0.25, 0.3) is 5.57 Å². The molecule has 3 nitrogen and oxygen atoms in total. The highest BCUT2D eigenvalue weighted by molar-refractivity contribution is 9.11. The zero-order valence-electron chi connectivity index (χ0n) is 16.9. The van der Waals surface area contributed by atoms with Gasteiger partial charge in [-0.1, -0.05) is 78.5 Å². The second-order valence-corrected chi connectivity index (χ2v) is 8.64. The summed E-state index contributed by atoms with van der Waals surface area (Å²) >= 11 is 3.76. The van der Waals surface area contributed by atoms with Crippen molar-refractivity contribution in [1.82, 2.24) is 0 Å². The molecule has 0 aliphatic heterocycles. The summed E-state index contributed by atoms with van der Waals surface area (Å²) in [7, 11) is 0. The second-order valence-electron chi connectivity index (χ2n) is 7.68. The summed E-state index contributed by atoms with van der Waals surface area (Å²) in [6.45, 7) is 2.18. The number of aliphatic hydroxyl groups excluding tert-OH is 1. The van der Waals surface area contributed by atoms with E-state index in [2.05, 4.69) is 59.3 Å². The SMILES string of the molecule is CCCCCC(O)c1ccc(C2=C(Br)CC[C@@H]2C/C=C\CCCC(=O)O)cc1. The van der Waals surface area contributed by atoms with E-state index >= 15 is 0 Å². The molecule has 1 aromatic carbocycles. The highest BCUT2D eigenvalue weighted by atomic mass is 79.9. The molecule has 0 radical (unpaired) electrons. The molecule has 2 N–H and O–H groups in total. The largest absolute Gasteiger partial charge is 0.481 e. The molecule has 0 aromatic heterocycles. The minimum atomic E-state index is -0.725. The molecule has 28 heavy (non-hydrogen) atoms. The summed E-state index contributed by atoms with van der Waals surface area (Å²) in [6.07, 6.45) is 13.1. The average Bonchev–Trinajstić information content (AvgIpc) is 3.05. The molecule has 0 saturated heterocycles. The highest BCUT2D eigenvalue weighted by Gasteiger charge is 2.24. The van der Waals surface area contributed by atoms with Crippen molar-refractivity contribution in [3.63, 3.8) is 0 Å². The lowest BCUT2D eigenvalue weighted by molar-refractivity contribution is -0.137. The molecule has 0 fully saturated rings. The van der Waals surface area contributed by atoms with Gasteiger partial charge in [0.2, 0.25) is 0 Å². The fourth-order valence-electron chi connectivity index (χ4n) is 3.82. The number of hydrogen-bond acceptors (Lipinski definition) is 2. The maximum Gasteiger partial charge on any atom is 0.303 e. The Kier molecular flexibility index (Phi) is 10.0. The van der Waals surface area contributed by atoms with Crippen molar-refractivity contribution >= 4 is 27.5 Å². The van der Waals surface area contributed by atoms with Crippen LogP contribution in [0.2, 0.25) is 0 Å². The second kappa shape index (κ2) is 12.2. The predicted octanol–water partition coefficient (Wildman–Crippen LogP) is 7.02. The Morgan fingerprint density at radius 2 is 1.96 bits per heavy atom. The normalized spacial score (nSPS) is 18.2. The van der Waals surface area contributed by atoms with E-state index in [0.717, 1.165) is 44.1 Å². The Morgan fingerprint density at radius 1 is 1.21 bits per heavy atom. The van der Waals surface area contributed by atoms with Crippen LogP contribution in [0, 0.1) is 5.92 Å². The monoisotopic (exact) mass is 448 g/mol. The highest BCUT2D eigenvalue weighted by Crippen LogP contribution is 2.43. The molecule has 4 heteroatoms. The number of unbranched alkanes of at least 4 members (excludes halogenated alkanes) is 3. The summed E-state index contributed by atoms with van der Waals surface area (Å²) in [5.41, 5.74) is 3.62. The molecule has 0 saturated carbocycles. The van der Waals surface area contributed by atoms with Gasteiger partial charge < -0.3 is 10.2 Å². The van der Waals surface area contributed by atoms with Gasteiger partial charge in [-0.05, 0) is 65.6 Å². The van der Waals surface area contributed by atoms with Crippen LogP contribution >= 0.6 is 15.9 Å². The number of rotatable bonds is 12. The van der Waals surface area contributed by atoms with Crippen LogP contribution in [-0.2, 0) is 4.79 Å². The number of carbonyl (C=O) groups is 1. The van der Waals surface area contributed by atoms with Gasteiger partial charge >= 0.3 is 5.97 Å². The molecule has 1 aliphatic carbocycles. The van der Waals surface area contributed by atoms with Crippen LogP contribution in [0.15, 0.2) is 40.9 Å². The van der Waals surface area contributed by atoms with Crippen molar-refractivity contribution in [2.75, 3.05) is 0 Å². The fraction of sp³-hybridized carbons (Fsp3) is 0.542. The molecule has 2 atom stereocenters. The lowest BCUT2D eigenvalue weighted by Crippen LogP contribution is -2.00. The first-order valence-electron chi connectivity index (χ1n) is 10.6. The summed E-state index contributed by atoms with van der Waals surface area (Å²) in [6, 6.07) is 8.42. The number of aliphatic carboxylic acids is 1. The lowest BCUT2D eigenvalue weighted by Gasteiger charge is -2.16. The number of allylic oxidation sites excluding steroid dienone is 4. The van der Waals surface area contributed by atoms with Gasteiger partial charge in [-0.25, -0.2) is 0 Å². The standard InChI is InChI=1S/C24H33BrO3/c1-2-3-6-10-22(26)18-12-14-20(15-13-18)24-19(16-17-21(24)25)9-7-4-5-8-11-23(27)28/h4,7,12-15,19,22,26H,2-3,5-6,8-11,16-17H2,1H3,(H,27,28)/b7-4-/t19-,22?/m0/s1. The van der Waals surface area contributed by atoms with Crippen molar-refractivity contribution in [2.24, 2.45) is 5.92 Å². The molecule has 1 aliphatic rings. The van der Waals surface area contributed by atoms with E-state index in [9.17, 15) is 9.90 Å². The van der Waals surface area contributed by atoms with E-state index in [1.165, 1.54) is 28.5 Å². The third-order valence-corrected chi connectivity index (χ3v) is 6.27. The van der Waals surface area contributed by atoms with Crippen LogP contribution in [0.3, 0.4) is 0 Å². The molecule has 1 aromatic rings. The minimum Gasteiger partial charge on any atom is -0.481 e. The number of hydrogen-bond donors (Lipinski definition) is 2. The van der Waals surface area contributed by atoms with Gasteiger partial charge in [-0.15, -0.1) is 0 Å². The predicted molar refractivity (Wildman–Crippen MR) is 119 cm³/mol. The fourth-order valence-corrected chi connectivity index (χ4v) is 4.60. The molecule has 0 spiro atoms. The van der Waals surface area contributed by atoms with Crippen LogP contribution in [0.5, 0.6) is 0 Å². The van der Waals surface area contributed by atoms with Gasteiger partial charge in [0, 0.05) is 6.42 Å². The van der Waals surface area contributed by atoms with E-state index in [0.29, 0.717) is 12.3 Å². The van der Waals surface area contributed by atoms with E-state index in [4.69, 9.17) is 5.11 Å². The van der Waals surface area contributed by atoms with Gasteiger partial charge in [0.1, 0.15) is 0 Å². The average molecular weight is 449 g/mol. The van der Waals surface area contributed by atoms with Gasteiger partial charge in [0.25, 0.3) is 0 Å². The van der Waals surface area contributed by atoms with Crippen molar-refractivity contribution in [1.29, 1.82) is 0 Å². The maximum atomic E-state index is 10.6. The topological polar surface area (TPSA) is 57.5 Å². The first-order chi connectivity index (χ1) is 13.5. The van der Waals surface area contributed by atoms with E-state index in [1.807, 2.05) is 0 Å². The van der Waals surface area contributed by atoms with Crippen LogP contribution in [0.4, 0.5) is 0 Å². The molecule has 2 rings (SSSR count). The quantitative estimate of drug-likeness (QED) is 0.266. The molecule has 0 bridgehead atoms. The van der Waals surface area contributed by atoms with Crippen molar-refractivity contribution in [3.8, 4) is 0 Å². The minimum absolute atomic E-state index is 0.237. The van der Waals surface area contributed by atoms with Crippen molar-refractivity contribution in [3.05, 3.63) is 52.0 Å². The molecular weight excluding hydrogens is 416 g/mol. The van der Waals surface area contributed by atoms with Gasteiger partial charge in [-0.3, -0.25) is 4.79 Å².